The van der Waals surface area contributed by atoms with Crippen molar-refractivity contribution in [1.82, 2.24) is 0 Å². The van der Waals surface area contributed by atoms with Gasteiger partial charge in [-0.05, 0) is 19.3 Å². The summed E-state index contributed by atoms with van der Waals surface area (Å²) in [5.41, 5.74) is 0. The van der Waals surface area contributed by atoms with Crippen molar-refractivity contribution in [2.75, 3.05) is 6.61 Å². The second-order valence-electron chi connectivity index (χ2n) is 3.07. The number of rotatable bonds is 7. The molecule has 0 aromatic carbocycles. The molecule has 5 nitrogen and oxygen atoms in total. The number of carboxylic acids is 2. The maximum Gasteiger partial charge on any atom is 0.303 e. The molecule has 0 aliphatic carbocycles. The van der Waals surface area contributed by atoms with Gasteiger partial charge in [0, 0.05) is 19.4 Å². The second kappa shape index (κ2) is 12.9. The average Bonchev–Trinajstić information content (AvgIpc) is 2.14. The molecule has 90 valence electrons. The fourth-order valence-electron chi connectivity index (χ4n) is 0.711. The van der Waals surface area contributed by atoms with E-state index in [1.807, 2.05) is 0 Å². The lowest BCUT2D eigenvalue weighted by molar-refractivity contribution is -0.139. The van der Waals surface area contributed by atoms with E-state index < -0.39 is 11.9 Å². The highest BCUT2D eigenvalue weighted by atomic mass is 16.4. The first-order valence-electron chi connectivity index (χ1n) is 5.09. The van der Waals surface area contributed by atoms with Crippen molar-refractivity contribution in [2.45, 2.75) is 45.4 Å². The number of carbonyl (C=O) groups is 2. The van der Waals surface area contributed by atoms with Crippen LogP contribution in [0.25, 0.3) is 0 Å². The predicted octanol–water partition coefficient (Wildman–Crippen LogP) is 1.49. The number of unbranched alkanes of at least 4 members (excludes halogenated alkanes) is 2. The first-order valence-corrected chi connectivity index (χ1v) is 5.09. The molecule has 3 N–H and O–H groups in total. The largest absolute Gasteiger partial charge is 0.481 e. The van der Waals surface area contributed by atoms with Gasteiger partial charge in [0.15, 0.2) is 0 Å². The van der Waals surface area contributed by atoms with Crippen molar-refractivity contribution >= 4 is 11.9 Å². The van der Waals surface area contributed by atoms with Gasteiger partial charge in [-0.3, -0.25) is 9.59 Å². The van der Waals surface area contributed by atoms with Gasteiger partial charge in [-0.15, -0.1) is 0 Å². The zero-order chi connectivity index (χ0) is 12.1. The van der Waals surface area contributed by atoms with E-state index in [1.54, 1.807) is 0 Å². The van der Waals surface area contributed by atoms with Gasteiger partial charge in [0.05, 0.1) is 0 Å². The molecule has 15 heavy (non-hydrogen) atoms. The zero-order valence-corrected chi connectivity index (χ0v) is 9.11. The van der Waals surface area contributed by atoms with Crippen LogP contribution in [0.15, 0.2) is 0 Å². The number of aliphatic carboxylic acids is 2. The van der Waals surface area contributed by atoms with Gasteiger partial charge >= 0.3 is 11.9 Å². The maximum absolute atomic E-state index is 9.90. The first kappa shape index (κ1) is 16.3. The van der Waals surface area contributed by atoms with E-state index in [0.29, 0.717) is 19.4 Å². The summed E-state index contributed by atoms with van der Waals surface area (Å²) >= 11 is 0. The molecule has 5 heteroatoms. The topological polar surface area (TPSA) is 94.8 Å². The Morgan fingerprint density at radius 1 is 0.933 bits per heavy atom. The van der Waals surface area contributed by atoms with Crippen LogP contribution in [0.5, 0.6) is 0 Å². The van der Waals surface area contributed by atoms with Crippen LogP contribution in [0.3, 0.4) is 0 Å². The van der Waals surface area contributed by atoms with Crippen LogP contribution in [0, 0.1) is 0 Å². The molecule has 0 aromatic rings. The summed E-state index contributed by atoms with van der Waals surface area (Å²) in [4.78, 5) is 19.8. The molecule has 0 unspecified atom stereocenters. The molecule has 0 rings (SSSR count). The zero-order valence-electron chi connectivity index (χ0n) is 9.11. The van der Waals surface area contributed by atoms with E-state index in [1.165, 1.54) is 0 Å². The molecular weight excluding hydrogens is 200 g/mol. The molecule has 0 fully saturated rings. The van der Waals surface area contributed by atoms with Crippen molar-refractivity contribution in [3.63, 3.8) is 0 Å². The molecular formula is C10H20O5. The predicted molar refractivity (Wildman–Crippen MR) is 55.7 cm³/mol. The van der Waals surface area contributed by atoms with E-state index in [0.717, 1.165) is 12.8 Å². The number of aliphatic hydroxyl groups is 1. The average molecular weight is 220 g/mol. The van der Waals surface area contributed by atoms with Crippen molar-refractivity contribution in [3.8, 4) is 0 Å². The third-order valence-electron chi connectivity index (χ3n) is 1.54. The Morgan fingerprint density at radius 3 is 1.47 bits per heavy atom. The smallest absolute Gasteiger partial charge is 0.303 e. The Labute approximate surface area is 89.7 Å². The van der Waals surface area contributed by atoms with E-state index >= 15 is 0 Å². The second-order valence-corrected chi connectivity index (χ2v) is 3.07. The van der Waals surface area contributed by atoms with E-state index in [9.17, 15) is 9.59 Å². The van der Waals surface area contributed by atoms with Crippen molar-refractivity contribution in [2.24, 2.45) is 0 Å². The fraction of sp³-hybridized carbons (Fsp3) is 0.800. The number of carboxylic acid groups (broad SMARTS) is 2. The van der Waals surface area contributed by atoms with Crippen molar-refractivity contribution in [3.05, 3.63) is 0 Å². The summed E-state index contributed by atoms with van der Waals surface area (Å²) < 4.78 is 0. The minimum absolute atomic E-state index is 0.0628. The lowest BCUT2D eigenvalue weighted by atomic mass is 10.2. The van der Waals surface area contributed by atoms with Gasteiger partial charge in [-0.25, -0.2) is 0 Å². The van der Waals surface area contributed by atoms with Crippen LogP contribution >= 0.6 is 0 Å². The van der Waals surface area contributed by atoms with E-state index in [2.05, 4.69) is 6.92 Å². The Bertz CT molecular complexity index is 149. The molecule has 0 aliphatic rings. The normalized spacial score (nSPS) is 8.93. The highest BCUT2D eigenvalue weighted by Crippen LogP contribution is 1.98. The number of aliphatic hydroxyl groups excluding tert-OH is 1. The summed E-state index contributed by atoms with van der Waals surface area (Å²) in [5, 5.41) is 24.3. The molecule has 0 aliphatic heterocycles. The summed E-state index contributed by atoms with van der Waals surface area (Å²) in [6, 6.07) is 0. The summed E-state index contributed by atoms with van der Waals surface area (Å²) in [5.74, 6) is -1.74. The fourth-order valence-corrected chi connectivity index (χ4v) is 0.711. The highest BCUT2D eigenvalue weighted by Gasteiger charge is 1.99. The van der Waals surface area contributed by atoms with Crippen LogP contribution in [0.4, 0.5) is 0 Å². The van der Waals surface area contributed by atoms with Crippen LogP contribution in [-0.4, -0.2) is 33.9 Å². The SMILES string of the molecule is CCCCO.O=C(O)CCCCC(=O)O. The Hall–Kier alpha value is -1.10. The molecule has 0 atom stereocenters. The Balaban J connectivity index is 0. The van der Waals surface area contributed by atoms with Gasteiger partial charge in [0.2, 0.25) is 0 Å². The summed E-state index contributed by atoms with van der Waals surface area (Å²) in [7, 11) is 0. The molecule has 0 amide bonds. The molecule has 0 saturated carbocycles. The van der Waals surface area contributed by atoms with Crippen molar-refractivity contribution in [1.29, 1.82) is 0 Å². The molecule has 0 heterocycles. The van der Waals surface area contributed by atoms with Crippen LogP contribution < -0.4 is 0 Å². The molecule has 0 aromatic heterocycles. The van der Waals surface area contributed by atoms with Gasteiger partial charge in [-0.2, -0.15) is 0 Å². The third kappa shape index (κ3) is 24.6. The molecule has 0 bridgehead atoms. The lowest BCUT2D eigenvalue weighted by Crippen LogP contribution is -1.97. The minimum atomic E-state index is -0.870. The number of hydrogen-bond acceptors (Lipinski definition) is 3. The van der Waals surface area contributed by atoms with Gasteiger partial charge in [0.1, 0.15) is 0 Å². The maximum atomic E-state index is 9.90. The van der Waals surface area contributed by atoms with Crippen LogP contribution in [0.1, 0.15) is 45.4 Å². The summed E-state index contributed by atoms with van der Waals surface area (Å²) in [6.45, 7) is 2.40. The Morgan fingerprint density at radius 2 is 1.33 bits per heavy atom. The van der Waals surface area contributed by atoms with E-state index in [-0.39, 0.29) is 12.8 Å². The highest BCUT2D eigenvalue weighted by molar-refractivity contribution is 5.67. The Kier molecular flexibility index (Phi) is 14.0. The third-order valence-corrected chi connectivity index (χ3v) is 1.54. The van der Waals surface area contributed by atoms with Gasteiger partial charge in [-0.1, -0.05) is 13.3 Å². The number of hydrogen-bond donors (Lipinski definition) is 3. The first-order chi connectivity index (χ1) is 7.04. The lowest BCUT2D eigenvalue weighted by Gasteiger charge is -1.92. The van der Waals surface area contributed by atoms with Gasteiger partial charge < -0.3 is 15.3 Å². The quantitative estimate of drug-likeness (QED) is 0.565. The van der Waals surface area contributed by atoms with Crippen LogP contribution in [0.2, 0.25) is 0 Å². The monoisotopic (exact) mass is 220 g/mol. The molecule has 0 radical (unpaired) electrons. The van der Waals surface area contributed by atoms with Gasteiger partial charge in [0.25, 0.3) is 0 Å². The molecule has 0 saturated heterocycles. The van der Waals surface area contributed by atoms with E-state index in [4.69, 9.17) is 15.3 Å². The summed E-state index contributed by atoms with van der Waals surface area (Å²) in [6.07, 6.45) is 3.06. The minimum Gasteiger partial charge on any atom is -0.481 e. The molecule has 0 spiro atoms. The standard InChI is InChI=1S/C6H10O4.C4H10O/c7-5(8)3-1-2-4-6(9)10;1-2-3-4-5/h1-4H2,(H,7,8)(H,9,10);5H,2-4H2,1H3. The van der Waals surface area contributed by atoms with Crippen molar-refractivity contribution < 1.29 is 24.9 Å². The van der Waals surface area contributed by atoms with Crippen LogP contribution in [-0.2, 0) is 9.59 Å².